The molecule has 1 heterocycles. The summed E-state index contributed by atoms with van der Waals surface area (Å²) in [7, 11) is 0. The average molecular weight is 223 g/mol. The number of nitrogens with zero attached hydrogens (tertiary/aromatic N) is 1. The summed E-state index contributed by atoms with van der Waals surface area (Å²) in [4.78, 5) is 27.3. The summed E-state index contributed by atoms with van der Waals surface area (Å²) < 4.78 is 4.79. The summed E-state index contributed by atoms with van der Waals surface area (Å²) >= 11 is 0. The van der Waals surface area contributed by atoms with Crippen molar-refractivity contribution < 1.29 is 14.3 Å². The zero-order chi connectivity index (χ0) is 12.3. The van der Waals surface area contributed by atoms with Crippen LogP contribution in [0, 0.1) is 11.3 Å². The molecule has 1 aliphatic rings. The van der Waals surface area contributed by atoms with E-state index in [2.05, 4.69) is 4.99 Å². The molecule has 0 aromatic carbocycles. The van der Waals surface area contributed by atoms with E-state index in [1.165, 1.54) is 12.3 Å². The predicted octanol–water partition coefficient (Wildman–Crippen LogP) is 1.75. The number of ketones is 1. The molecule has 0 bridgehead atoms. The molecule has 1 rings (SSSR count). The molecule has 0 fully saturated rings. The highest BCUT2D eigenvalue weighted by molar-refractivity contribution is 6.17. The molecule has 0 saturated carbocycles. The summed E-state index contributed by atoms with van der Waals surface area (Å²) in [6, 6.07) is 0. The van der Waals surface area contributed by atoms with E-state index in [1.54, 1.807) is 6.92 Å². The molecular formula is C12H17NO3. The summed E-state index contributed by atoms with van der Waals surface area (Å²) in [6.07, 6.45) is 2.81. The van der Waals surface area contributed by atoms with Crippen LogP contribution in [0.2, 0.25) is 0 Å². The van der Waals surface area contributed by atoms with Gasteiger partial charge in [0, 0.05) is 23.4 Å². The van der Waals surface area contributed by atoms with Gasteiger partial charge >= 0.3 is 5.97 Å². The van der Waals surface area contributed by atoms with Crippen molar-refractivity contribution >= 4 is 18.0 Å². The molecule has 0 saturated heterocycles. The van der Waals surface area contributed by atoms with Crippen LogP contribution in [0.5, 0.6) is 0 Å². The van der Waals surface area contributed by atoms with E-state index in [9.17, 15) is 9.59 Å². The largest absolute Gasteiger partial charge is 0.465 e. The highest BCUT2D eigenvalue weighted by atomic mass is 16.5. The third kappa shape index (κ3) is 2.78. The van der Waals surface area contributed by atoms with Crippen LogP contribution in [-0.2, 0) is 14.3 Å². The van der Waals surface area contributed by atoms with E-state index in [4.69, 9.17) is 4.74 Å². The van der Waals surface area contributed by atoms with Gasteiger partial charge in [-0.15, -0.1) is 0 Å². The first kappa shape index (κ1) is 12.6. The monoisotopic (exact) mass is 223 g/mol. The summed E-state index contributed by atoms with van der Waals surface area (Å²) in [5, 5.41) is 0. The summed E-state index contributed by atoms with van der Waals surface area (Å²) in [5.41, 5.74) is 0.504. The number of hydrogen-bond donors (Lipinski definition) is 0. The molecule has 4 nitrogen and oxygen atoms in total. The van der Waals surface area contributed by atoms with Crippen LogP contribution in [0.4, 0.5) is 0 Å². The molecule has 1 atom stereocenters. The van der Waals surface area contributed by atoms with Gasteiger partial charge < -0.3 is 4.74 Å². The minimum atomic E-state index is -0.869. The highest BCUT2D eigenvalue weighted by Crippen LogP contribution is 2.28. The Kier molecular flexibility index (Phi) is 3.62. The van der Waals surface area contributed by atoms with Gasteiger partial charge in [-0.25, -0.2) is 0 Å². The molecule has 0 radical (unpaired) electrons. The van der Waals surface area contributed by atoms with Crippen LogP contribution in [0.25, 0.3) is 0 Å². The standard InChI is InChI=1S/C12H17NO3/c1-5-16-11(15)8-7-13-10(6-9(8)14)12(2,3)4/h6-8H,5H2,1-4H3. The molecule has 0 aromatic rings. The number of rotatable bonds is 2. The number of carbonyl (C=O) groups excluding carboxylic acids is 2. The molecule has 0 N–H and O–H groups in total. The second-order valence-electron chi connectivity index (χ2n) is 4.69. The van der Waals surface area contributed by atoms with Gasteiger partial charge in [-0.2, -0.15) is 0 Å². The minimum Gasteiger partial charge on any atom is -0.465 e. The van der Waals surface area contributed by atoms with Crippen molar-refractivity contribution in [2.24, 2.45) is 16.3 Å². The number of ether oxygens (including phenoxy) is 1. The lowest BCUT2D eigenvalue weighted by Crippen LogP contribution is -2.30. The Hall–Kier alpha value is -1.45. The molecule has 0 spiro atoms. The molecule has 0 aromatic heterocycles. The Morgan fingerprint density at radius 2 is 2.12 bits per heavy atom. The Morgan fingerprint density at radius 1 is 1.50 bits per heavy atom. The molecular weight excluding hydrogens is 206 g/mol. The second kappa shape index (κ2) is 4.60. The first-order chi connectivity index (χ1) is 7.36. The SMILES string of the molecule is CCOC(=O)C1C=NC(C(C)(C)C)=CC1=O. The number of allylic oxidation sites excluding steroid dienone is 2. The first-order valence-corrected chi connectivity index (χ1v) is 5.33. The number of esters is 1. The van der Waals surface area contributed by atoms with Crippen LogP contribution in [0.3, 0.4) is 0 Å². The third-order valence-corrected chi connectivity index (χ3v) is 2.26. The Balaban J connectivity index is 2.82. The van der Waals surface area contributed by atoms with Crippen LogP contribution in [-0.4, -0.2) is 24.6 Å². The van der Waals surface area contributed by atoms with Gasteiger partial charge in [0.2, 0.25) is 0 Å². The fourth-order valence-electron chi connectivity index (χ4n) is 1.31. The molecule has 88 valence electrons. The van der Waals surface area contributed by atoms with E-state index in [0.29, 0.717) is 5.70 Å². The van der Waals surface area contributed by atoms with E-state index in [-0.39, 0.29) is 17.8 Å². The van der Waals surface area contributed by atoms with Crippen molar-refractivity contribution in [3.63, 3.8) is 0 Å². The number of hydrogen-bond acceptors (Lipinski definition) is 4. The van der Waals surface area contributed by atoms with Crippen LogP contribution < -0.4 is 0 Å². The predicted molar refractivity (Wildman–Crippen MR) is 61.2 cm³/mol. The van der Waals surface area contributed by atoms with Crippen molar-refractivity contribution in [1.82, 2.24) is 0 Å². The molecule has 1 aliphatic heterocycles. The second-order valence-corrected chi connectivity index (χ2v) is 4.69. The maximum Gasteiger partial charge on any atom is 0.322 e. The van der Waals surface area contributed by atoms with Gasteiger partial charge in [0.15, 0.2) is 11.7 Å². The van der Waals surface area contributed by atoms with Crippen molar-refractivity contribution in [3.8, 4) is 0 Å². The van der Waals surface area contributed by atoms with E-state index >= 15 is 0 Å². The Morgan fingerprint density at radius 3 is 2.56 bits per heavy atom. The lowest BCUT2D eigenvalue weighted by atomic mass is 9.88. The quantitative estimate of drug-likeness (QED) is 0.529. The average Bonchev–Trinajstić information content (AvgIpc) is 2.16. The highest BCUT2D eigenvalue weighted by Gasteiger charge is 2.30. The summed E-state index contributed by atoms with van der Waals surface area (Å²) in [6.45, 7) is 7.88. The number of aliphatic imine (C=N–C) groups is 1. The van der Waals surface area contributed by atoms with Crippen LogP contribution in [0.1, 0.15) is 27.7 Å². The lowest BCUT2D eigenvalue weighted by Gasteiger charge is -2.22. The molecule has 1 unspecified atom stereocenters. The zero-order valence-corrected chi connectivity index (χ0v) is 10.1. The zero-order valence-electron chi connectivity index (χ0n) is 10.1. The molecule has 16 heavy (non-hydrogen) atoms. The lowest BCUT2D eigenvalue weighted by molar-refractivity contribution is -0.147. The normalized spacial score (nSPS) is 20.6. The van der Waals surface area contributed by atoms with Crippen LogP contribution in [0.15, 0.2) is 16.8 Å². The number of carbonyl (C=O) groups is 2. The Labute approximate surface area is 95.4 Å². The topological polar surface area (TPSA) is 55.7 Å². The van der Waals surface area contributed by atoms with E-state index in [1.807, 2.05) is 20.8 Å². The summed E-state index contributed by atoms with van der Waals surface area (Å²) in [5.74, 6) is -1.65. The van der Waals surface area contributed by atoms with Crippen molar-refractivity contribution in [2.45, 2.75) is 27.7 Å². The van der Waals surface area contributed by atoms with Gasteiger partial charge in [-0.05, 0) is 6.92 Å². The van der Waals surface area contributed by atoms with Crippen molar-refractivity contribution in [3.05, 3.63) is 11.8 Å². The maximum absolute atomic E-state index is 11.7. The molecule has 0 amide bonds. The van der Waals surface area contributed by atoms with Crippen molar-refractivity contribution in [1.29, 1.82) is 0 Å². The van der Waals surface area contributed by atoms with E-state index < -0.39 is 11.9 Å². The molecule has 4 heteroatoms. The van der Waals surface area contributed by atoms with Gasteiger partial charge in [-0.3, -0.25) is 14.6 Å². The van der Waals surface area contributed by atoms with Gasteiger partial charge in [0.05, 0.1) is 6.61 Å². The fraction of sp³-hybridized carbons (Fsp3) is 0.583. The van der Waals surface area contributed by atoms with Gasteiger partial charge in [0.25, 0.3) is 0 Å². The smallest absolute Gasteiger partial charge is 0.322 e. The minimum absolute atomic E-state index is 0.189. The fourth-order valence-corrected chi connectivity index (χ4v) is 1.31. The first-order valence-electron chi connectivity index (χ1n) is 5.33. The molecule has 0 aliphatic carbocycles. The van der Waals surface area contributed by atoms with Gasteiger partial charge in [0.1, 0.15) is 0 Å². The van der Waals surface area contributed by atoms with Crippen molar-refractivity contribution in [2.75, 3.05) is 6.61 Å². The Bertz CT molecular complexity index is 361. The van der Waals surface area contributed by atoms with Gasteiger partial charge in [-0.1, -0.05) is 20.8 Å². The third-order valence-electron chi connectivity index (χ3n) is 2.26. The maximum atomic E-state index is 11.7. The van der Waals surface area contributed by atoms with E-state index in [0.717, 1.165) is 0 Å². The van der Waals surface area contributed by atoms with Crippen LogP contribution >= 0.6 is 0 Å².